The first-order valence-electron chi connectivity index (χ1n) is 9.48. The third-order valence-corrected chi connectivity index (χ3v) is 6.68. The van der Waals surface area contributed by atoms with Gasteiger partial charge in [-0.25, -0.2) is 0 Å². The second kappa shape index (κ2) is 8.21. The van der Waals surface area contributed by atoms with Gasteiger partial charge in [0.1, 0.15) is 0 Å². The normalized spacial score (nSPS) is 17.2. The lowest BCUT2D eigenvalue weighted by molar-refractivity contribution is 0.367. The Morgan fingerprint density at radius 1 is 1.29 bits per heavy atom. The predicted molar refractivity (Wildman–Crippen MR) is 123 cm³/mol. The van der Waals surface area contributed by atoms with Crippen LogP contribution in [0.15, 0.2) is 66.2 Å². The molecule has 1 aromatic carbocycles. The first-order chi connectivity index (χ1) is 13.4. The van der Waals surface area contributed by atoms with Gasteiger partial charge in [-0.3, -0.25) is 0 Å². The van der Waals surface area contributed by atoms with Crippen molar-refractivity contribution in [2.75, 3.05) is 7.05 Å². The molecule has 1 aliphatic carbocycles. The first-order valence-corrected chi connectivity index (χ1v) is 10.4. The van der Waals surface area contributed by atoms with Crippen LogP contribution in [0.4, 0.5) is 0 Å². The molecule has 1 aliphatic rings. The Morgan fingerprint density at radius 3 is 2.75 bits per heavy atom. The van der Waals surface area contributed by atoms with Crippen molar-refractivity contribution in [2.24, 2.45) is 11.5 Å². The van der Waals surface area contributed by atoms with Crippen molar-refractivity contribution in [3.8, 4) is 0 Å². The van der Waals surface area contributed by atoms with Crippen LogP contribution in [0.25, 0.3) is 11.8 Å². The largest absolute Gasteiger partial charge is 0.402 e. The smallest absolute Gasteiger partial charge is 0.0602 e. The number of rotatable bonds is 7. The molecule has 0 aliphatic heterocycles. The second-order valence-corrected chi connectivity index (χ2v) is 8.37. The van der Waals surface area contributed by atoms with E-state index < -0.39 is 0 Å². The van der Waals surface area contributed by atoms with Crippen LogP contribution in [0.2, 0.25) is 0 Å². The van der Waals surface area contributed by atoms with E-state index in [0.29, 0.717) is 5.70 Å². The summed E-state index contributed by atoms with van der Waals surface area (Å²) in [5, 5.41) is 5.64. The van der Waals surface area contributed by atoms with Crippen molar-refractivity contribution in [1.82, 2.24) is 5.32 Å². The number of fused-ring (bicyclic) bond motifs is 1. The van der Waals surface area contributed by atoms with Gasteiger partial charge < -0.3 is 16.8 Å². The molecule has 0 amide bonds. The molecule has 28 heavy (non-hydrogen) atoms. The number of allylic oxidation sites excluding steroid dienone is 4. The summed E-state index contributed by atoms with van der Waals surface area (Å²) in [6, 6.07) is 8.92. The van der Waals surface area contributed by atoms with Crippen LogP contribution < -0.4 is 16.8 Å². The molecule has 2 atom stereocenters. The fourth-order valence-corrected chi connectivity index (χ4v) is 4.80. The Kier molecular flexibility index (Phi) is 5.92. The van der Waals surface area contributed by atoms with Gasteiger partial charge in [-0.2, -0.15) is 0 Å². The number of likely N-dealkylation sites (N-methyl/N-ethyl adjacent to an activating group) is 1. The summed E-state index contributed by atoms with van der Waals surface area (Å²) in [7, 11) is 2.00. The molecule has 0 bridgehead atoms. The molecule has 3 nitrogen and oxygen atoms in total. The zero-order valence-corrected chi connectivity index (χ0v) is 17.6. The van der Waals surface area contributed by atoms with Gasteiger partial charge in [-0.05, 0) is 62.2 Å². The van der Waals surface area contributed by atoms with Crippen molar-refractivity contribution >= 4 is 23.1 Å². The summed E-state index contributed by atoms with van der Waals surface area (Å²) >= 11 is 1.71. The van der Waals surface area contributed by atoms with Crippen LogP contribution in [-0.2, 0) is 12.0 Å². The maximum absolute atomic E-state index is 6.24. The fourth-order valence-electron chi connectivity index (χ4n) is 3.68. The Labute approximate surface area is 172 Å². The molecule has 4 heteroatoms. The molecule has 1 aromatic heterocycles. The van der Waals surface area contributed by atoms with Gasteiger partial charge in [0.25, 0.3) is 0 Å². The van der Waals surface area contributed by atoms with Crippen molar-refractivity contribution in [3.05, 3.63) is 93.4 Å². The average Bonchev–Trinajstić information content (AvgIpc) is 3.35. The summed E-state index contributed by atoms with van der Waals surface area (Å²) in [5.74, 6) is 0.125. The predicted octanol–water partition coefficient (Wildman–Crippen LogP) is 4.88. The van der Waals surface area contributed by atoms with Crippen molar-refractivity contribution in [2.45, 2.75) is 31.7 Å². The highest BCUT2D eigenvalue weighted by atomic mass is 32.1. The molecule has 0 spiro atoms. The number of hydrogen-bond acceptors (Lipinski definition) is 4. The highest BCUT2D eigenvalue weighted by Gasteiger charge is 2.35. The van der Waals surface area contributed by atoms with E-state index in [1.165, 1.54) is 21.6 Å². The molecule has 3 rings (SSSR count). The minimum atomic E-state index is -0.291. The number of hydrogen-bond donors (Lipinski definition) is 3. The van der Waals surface area contributed by atoms with Crippen LogP contribution in [0.3, 0.4) is 0 Å². The Balaban J connectivity index is 1.98. The maximum Gasteiger partial charge on any atom is 0.0602 e. The monoisotopic (exact) mass is 391 g/mol. The molecular formula is C24H29N3S. The van der Waals surface area contributed by atoms with Crippen LogP contribution in [0, 0.1) is 0 Å². The van der Waals surface area contributed by atoms with Gasteiger partial charge in [0.05, 0.1) is 5.54 Å². The SMILES string of the molecule is C=CC(c1ccc2c(c1)C=CC2)[C@](C)(NC)c1cc(/C(N)=C/C=C(/C)N)cs1. The van der Waals surface area contributed by atoms with E-state index in [0.717, 1.165) is 17.7 Å². The number of nitrogens with one attached hydrogen (secondary N) is 1. The molecular weight excluding hydrogens is 362 g/mol. The van der Waals surface area contributed by atoms with Crippen molar-refractivity contribution in [3.63, 3.8) is 0 Å². The summed E-state index contributed by atoms with van der Waals surface area (Å²) in [6.07, 6.45) is 11.2. The summed E-state index contributed by atoms with van der Waals surface area (Å²) < 4.78 is 0. The molecule has 0 saturated heterocycles. The lowest BCUT2D eigenvalue weighted by atomic mass is 9.78. The van der Waals surface area contributed by atoms with E-state index in [1.54, 1.807) is 11.3 Å². The zero-order chi connectivity index (χ0) is 20.3. The Morgan fingerprint density at radius 2 is 2.07 bits per heavy atom. The molecule has 0 saturated carbocycles. The van der Waals surface area contributed by atoms with E-state index in [2.05, 4.69) is 60.6 Å². The van der Waals surface area contributed by atoms with Crippen molar-refractivity contribution in [1.29, 1.82) is 0 Å². The molecule has 5 N–H and O–H groups in total. The van der Waals surface area contributed by atoms with Gasteiger partial charge in [0.15, 0.2) is 0 Å². The molecule has 146 valence electrons. The van der Waals surface area contributed by atoms with Gasteiger partial charge in [0, 0.05) is 33.1 Å². The number of nitrogens with two attached hydrogens (primary N) is 2. The lowest BCUT2D eigenvalue weighted by Crippen LogP contribution is -2.41. The van der Waals surface area contributed by atoms with Gasteiger partial charge in [-0.15, -0.1) is 17.9 Å². The molecule has 1 unspecified atom stereocenters. The van der Waals surface area contributed by atoms with Crippen LogP contribution in [-0.4, -0.2) is 7.05 Å². The highest BCUT2D eigenvalue weighted by molar-refractivity contribution is 7.10. The third kappa shape index (κ3) is 3.84. The summed E-state index contributed by atoms with van der Waals surface area (Å²) in [6.45, 7) is 8.22. The van der Waals surface area contributed by atoms with Crippen LogP contribution >= 0.6 is 11.3 Å². The maximum atomic E-state index is 6.24. The first kappa shape index (κ1) is 20.2. The summed E-state index contributed by atoms with van der Waals surface area (Å²) in [4.78, 5) is 1.22. The van der Waals surface area contributed by atoms with Gasteiger partial charge in [0.2, 0.25) is 0 Å². The molecule has 0 fully saturated rings. The van der Waals surface area contributed by atoms with E-state index >= 15 is 0 Å². The summed E-state index contributed by atoms with van der Waals surface area (Å²) in [5.41, 5.74) is 18.1. The topological polar surface area (TPSA) is 64.1 Å². The quantitative estimate of drug-likeness (QED) is 0.465. The third-order valence-electron chi connectivity index (χ3n) is 5.51. The van der Waals surface area contributed by atoms with Gasteiger partial charge >= 0.3 is 0 Å². The minimum Gasteiger partial charge on any atom is -0.402 e. The van der Waals surface area contributed by atoms with E-state index in [4.69, 9.17) is 11.5 Å². The van der Waals surface area contributed by atoms with E-state index in [1.807, 2.05) is 32.2 Å². The van der Waals surface area contributed by atoms with E-state index in [-0.39, 0.29) is 11.5 Å². The minimum absolute atomic E-state index is 0.125. The lowest BCUT2D eigenvalue weighted by Gasteiger charge is -2.36. The van der Waals surface area contributed by atoms with Gasteiger partial charge in [-0.1, -0.05) is 36.4 Å². The fraction of sp³-hybridized carbons (Fsp3) is 0.250. The standard InChI is InChI=1S/C24H29N3S/c1-5-21(19-11-10-17-7-6-8-18(17)13-19)24(3,27-4)23-14-20(15-28-23)22(26)12-9-16(2)25/h5-6,8-15,21,27H,1,7,25-26H2,2-4H3/b16-9-,22-12-/t21?,24-/m0/s1. The van der Waals surface area contributed by atoms with Crippen LogP contribution in [0.1, 0.15) is 46.9 Å². The molecule has 1 heterocycles. The van der Waals surface area contributed by atoms with E-state index in [9.17, 15) is 0 Å². The average molecular weight is 392 g/mol. The molecule has 0 radical (unpaired) electrons. The number of benzene rings is 1. The Hall–Kier alpha value is -2.56. The second-order valence-electron chi connectivity index (χ2n) is 7.46. The highest BCUT2D eigenvalue weighted by Crippen LogP contribution is 2.41. The Bertz CT molecular complexity index is 960. The molecule has 2 aromatic rings. The van der Waals surface area contributed by atoms with Crippen molar-refractivity contribution < 1.29 is 0 Å². The zero-order valence-electron chi connectivity index (χ0n) is 16.8. The number of thiophene rings is 1. The van der Waals surface area contributed by atoms with Crippen LogP contribution in [0.5, 0.6) is 0 Å².